The van der Waals surface area contributed by atoms with Crippen molar-refractivity contribution in [1.82, 2.24) is 4.72 Å². The summed E-state index contributed by atoms with van der Waals surface area (Å²) in [4.78, 5) is 0. The van der Waals surface area contributed by atoms with Gasteiger partial charge in [0.05, 0.1) is 5.75 Å². The number of sulfonamides is 1. The van der Waals surface area contributed by atoms with Gasteiger partial charge in [-0.25, -0.2) is 13.1 Å². The fraction of sp³-hybridized carbons (Fsp3) is 0.571. The summed E-state index contributed by atoms with van der Waals surface area (Å²) in [5.74, 6) is 0.153. The van der Waals surface area contributed by atoms with Crippen molar-refractivity contribution in [3.8, 4) is 0 Å². The molecule has 3 N–H and O–H groups in total. The number of hydrogen-bond acceptors (Lipinski definition) is 3. The number of aryl methyl sites for hydroxylation is 1. The maximum atomic E-state index is 11.8. The summed E-state index contributed by atoms with van der Waals surface area (Å²) < 4.78 is 26.2. The molecule has 108 valence electrons. The molecule has 0 saturated carbocycles. The molecule has 0 radical (unpaired) electrons. The lowest BCUT2D eigenvalue weighted by Gasteiger charge is -2.06. The molecule has 0 bridgehead atoms. The SMILES string of the molecule is NCCCCCCNS(=O)(=O)CCc1ccccc1. The highest BCUT2D eigenvalue weighted by Crippen LogP contribution is 2.02. The van der Waals surface area contributed by atoms with Gasteiger partial charge in [0.2, 0.25) is 10.0 Å². The van der Waals surface area contributed by atoms with Crippen LogP contribution in [-0.2, 0) is 16.4 Å². The molecule has 0 atom stereocenters. The summed E-state index contributed by atoms with van der Waals surface area (Å²) in [5, 5.41) is 0. The molecular weight excluding hydrogens is 260 g/mol. The van der Waals surface area contributed by atoms with Gasteiger partial charge in [-0.15, -0.1) is 0 Å². The minimum atomic E-state index is -3.15. The largest absolute Gasteiger partial charge is 0.330 e. The second kappa shape index (κ2) is 9.07. The van der Waals surface area contributed by atoms with Crippen LogP contribution >= 0.6 is 0 Å². The zero-order valence-electron chi connectivity index (χ0n) is 11.3. The van der Waals surface area contributed by atoms with Gasteiger partial charge in [-0.1, -0.05) is 43.2 Å². The Morgan fingerprint density at radius 3 is 2.37 bits per heavy atom. The second-order valence-electron chi connectivity index (χ2n) is 4.65. The van der Waals surface area contributed by atoms with Crippen molar-refractivity contribution < 1.29 is 8.42 Å². The van der Waals surface area contributed by atoms with Crippen molar-refractivity contribution in [2.24, 2.45) is 5.73 Å². The Hall–Kier alpha value is -0.910. The van der Waals surface area contributed by atoms with Gasteiger partial charge >= 0.3 is 0 Å². The van der Waals surface area contributed by atoms with Crippen LogP contribution < -0.4 is 10.5 Å². The summed E-state index contributed by atoms with van der Waals surface area (Å²) in [7, 11) is -3.15. The molecule has 5 heteroatoms. The van der Waals surface area contributed by atoms with E-state index in [9.17, 15) is 8.42 Å². The van der Waals surface area contributed by atoms with Crippen molar-refractivity contribution >= 4 is 10.0 Å². The third-order valence-corrected chi connectivity index (χ3v) is 4.34. The van der Waals surface area contributed by atoms with Crippen LogP contribution in [-0.4, -0.2) is 27.3 Å². The Morgan fingerprint density at radius 1 is 1.00 bits per heavy atom. The lowest BCUT2D eigenvalue weighted by Crippen LogP contribution is -2.28. The first-order valence-corrected chi connectivity index (χ1v) is 8.50. The van der Waals surface area contributed by atoms with Gasteiger partial charge in [0.25, 0.3) is 0 Å². The summed E-state index contributed by atoms with van der Waals surface area (Å²) >= 11 is 0. The van der Waals surface area contributed by atoms with Crippen LogP contribution in [0.3, 0.4) is 0 Å². The summed E-state index contributed by atoms with van der Waals surface area (Å²) in [6, 6.07) is 9.67. The fourth-order valence-corrected chi connectivity index (χ4v) is 2.92. The summed E-state index contributed by atoms with van der Waals surface area (Å²) in [5.41, 5.74) is 6.45. The Morgan fingerprint density at radius 2 is 1.68 bits per heavy atom. The highest BCUT2D eigenvalue weighted by molar-refractivity contribution is 7.89. The van der Waals surface area contributed by atoms with Crippen molar-refractivity contribution in [2.75, 3.05) is 18.8 Å². The van der Waals surface area contributed by atoms with E-state index >= 15 is 0 Å². The van der Waals surface area contributed by atoms with Gasteiger partial charge in [0.1, 0.15) is 0 Å². The number of unbranched alkanes of at least 4 members (excludes halogenated alkanes) is 3. The number of hydrogen-bond donors (Lipinski definition) is 2. The first kappa shape index (κ1) is 16.1. The molecule has 1 aromatic rings. The lowest BCUT2D eigenvalue weighted by molar-refractivity contribution is 0.571. The van der Waals surface area contributed by atoms with E-state index in [4.69, 9.17) is 5.73 Å². The predicted octanol–water partition coefficient (Wildman–Crippen LogP) is 1.67. The number of nitrogens with two attached hydrogens (primary N) is 1. The van der Waals surface area contributed by atoms with Crippen LogP contribution in [0.5, 0.6) is 0 Å². The number of nitrogens with one attached hydrogen (secondary N) is 1. The molecule has 0 saturated heterocycles. The van der Waals surface area contributed by atoms with Gasteiger partial charge < -0.3 is 5.73 Å². The van der Waals surface area contributed by atoms with Crippen LogP contribution in [0.4, 0.5) is 0 Å². The summed E-state index contributed by atoms with van der Waals surface area (Å²) in [6.45, 7) is 1.24. The quantitative estimate of drug-likeness (QED) is 0.642. The minimum absolute atomic E-state index is 0.153. The van der Waals surface area contributed by atoms with E-state index in [0.29, 0.717) is 19.5 Å². The average molecular weight is 284 g/mol. The van der Waals surface area contributed by atoms with Crippen LogP contribution in [0.25, 0.3) is 0 Å². The molecule has 0 heterocycles. The number of rotatable bonds is 10. The maximum absolute atomic E-state index is 11.8. The summed E-state index contributed by atoms with van der Waals surface area (Å²) in [6.07, 6.45) is 4.55. The molecule has 0 aromatic heterocycles. The Kier molecular flexibility index (Phi) is 7.70. The van der Waals surface area contributed by atoms with Crippen LogP contribution in [0.15, 0.2) is 30.3 Å². The van der Waals surface area contributed by atoms with Gasteiger partial charge in [0, 0.05) is 6.54 Å². The van der Waals surface area contributed by atoms with Crippen LogP contribution in [0.1, 0.15) is 31.2 Å². The van der Waals surface area contributed by atoms with E-state index < -0.39 is 10.0 Å². The monoisotopic (exact) mass is 284 g/mol. The Bertz CT molecular complexity index is 432. The van der Waals surface area contributed by atoms with Crippen molar-refractivity contribution in [2.45, 2.75) is 32.1 Å². The standard InChI is InChI=1S/C14H24N2O2S/c15-11-6-1-2-7-12-16-19(17,18)13-10-14-8-4-3-5-9-14/h3-5,8-9,16H,1-2,6-7,10-13,15H2. The molecular formula is C14H24N2O2S. The van der Waals surface area contributed by atoms with E-state index in [-0.39, 0.29) is 5.75 Å². The Balaban J connectivity index is 2.17. The molecule has 0 amide bonds. The van der Waals surface area contributed by atoms with Crippen molar-refractivity contribution in [3.05, 3.63) is 35.9 Å². The molecule has 0 unspecified atom stereocenters. The molecule has 19 heavy (non-hydrogen) atoms. The van der Waals surface area contributed by atoms with E-state index in [2.05, 4.69) is 4.72 Å². The third-order valence-electron chi connectivity index (χ3n) is 2.96. The van der Waals surface area contributed by atoms with E-state index in [1.54, 1.807) is 0 Å². The third kappa shape index (κ3) is 7.97. The first-order chi connectivity index (χ1) is 9.14. The highest BCUT2D eigenvalue weighted by Gasteiger charge is 2.09. The molecule has 4 nitrogen and oxygen atoms in total. The first-order valence-electron chi connectivity index (χ1n) is 6.85. The van der Waals surface area contributed by atoms with E-state index in [0.717, 1.165) is 31.2 Å². The van der Waals surface area contributed by atoms with Crippen LogP contribution in [0.2, 0.25) is 0 Å². The van der Waals surface area contributed by atoms with Gasteiger partial charge in [-0.2, -0.15) is 0 Å². The molecule has 0 fully saturated rings. The Labute approximate surface area is 116 Å². The molecule has 1 rings (SSSR count). The fourth-order valence-electron chi connectivity index (χ4n) is 1.82. The highest BCUT2D eigenvalue weighted by atomic mass is 32.2. The topological polar surface area (TPSA) is 72.2 Å². The normalized spacial score (nSPS) is 11.6. The van der Waals surface area contributed by atoms with Crippen molar-refractivity contribution in [3.63, 3.8) is 0 Å². The molecule has 0 spiro atoms. The smallest absolute Gasteiger partial charge is 0.211 e. The van der Waals surface area contributed by atoms with Crippen LogP contribution in [0, 0.1) is 0 Å². The minimum Gasteiger partial charge on any atom is -0.330 e. The molecule has 0 aliphatic carbocycles. The van der Waals surface area contributed by atoms with E-state index in [1.807, 2.05) is 30.3 Å². The molecule has 1 aromatic carbocycles. The molecule has 0 aliphatic rings. The predicted molar refractivity (Wildman–Crippen MR) is 79.5 cm³/mol. The van der Waals surface area contributed by atoms with E-state index in [1.165, 1.54) is 0 Å². The second-order valence-corrected chi connectivity index (χ2v) is 6.58. The zero-order chi connectivity index (χ0) is 14.0. The lowest BCUT2D eigenvalue weighted by atomic mass is 10.2. The van der Waals surface area contributed by atoms with Gasteiger partial charge in [0.15, 0.2) is 0 Å². The van der Waals surface area contributed by atoms with Gasteiger partial charge in [-0.3, -0.25) is 0 Å². The average Bonchev–Trinajstić information content (AvgIpc) is 2.42. The zero-order valence-corrected chi connectivity index (χ0v) is 12.2. The van der Waals surface area contributed by atoms with Gasteiger partial charge in [-0.05, 0) is 31.4 Å². The van der Waals surface area contributed by atoms with Crippen molar-refractivity contribution in [1.29, 1.82) is 0 Å². The molecule has 0 aliphatic heterocycles. The maximum Gasteiger partial charge on any atom is 0.211 e. The number of benzene rings is 1.